The van der Waals surface area contributed by atoms with Crippen LogP contribution in [0.2, 0.25) is 5.02 Å². The van der Waals surface area contributed by atoms with Crippen LogP contribution >= 0.6 is 27.5 Å². The number of furan rings is 1. The lowest BCUT2D eigenvalue weighted by molar-refractivity contribution is -0.384. The van der Waals surface area contributed by atoms with Gasteiger partial charge in [0.25, 0.3) is 5.69 Å². The molecule has 20 heavy (non-hydrogen) atoms. The number of hydrogen-bond donors (Lipinski definition) is 2. The molecule has 0 bridgehead atoms. The Morgan fingerprint density at radius 2 is 2.05 bits per heavy atom. The van der Waals surface area contributed by atoms with Gasteiger partial charge in [-0.2, -0.15) is 0 Å². The van der Waals surface area contributed by atoms with E-state index in [1.165, 1.54) is 18.2 Å². The summed E-state index contributed by atoms with van der Waals surface area (Å²) in [4.78, 5) is 21.8. The third-order valence-corrected chi connectivity index (χ3v) is 2.96. The van der Waals surface area contributed by atoms with Crippen molar-refractivity contribution in [2.45, 2.75) is 0 Å². The van der Waals surface area contributed by atoms with Crippen molar-refractivity contribution in [1.82, 2.24) is 0 Å². The number of carbonyl (C=O) groups excluding carboxylic acids is 1. The normalized spacial score (nSPS) is 10.1. The molecule has 7 nitrogen and oxygen atoms in total. The second-order valence-corrected chi connectivity index (χ2v) is 4.79. The molecule has 2 aromatic rings. The first-order valence-electron chi connectivity index (χ1n) is 5.23. The van der Waals surface area contributed by atoms with Crippen molar-refractivity contribution in [3.05, 3.63) is 50.1 Å². The van der Waals surface area contributed by atoms with E-state index in [1.807, 2.05) is 0 Å². The summed E-state index contributed by atoms with van der Waals surface area (Å²) in [5, 5.41) is 15.6. The van der Waals surface area contributed by atoms with Gasteiger partial charge in [0.1, 0.15) is 5.02 Å². The van der Waals surface area contributed by atoms with E-state index in [-0.39, 0.29) is 22.3 Å². The number of urea groups is 1. The van der Waals surface area contributed by atoms with Gasteiger partial charge in [-0.25, -0.2) is 4.79 Å². The number of nitro groups is 1. The van der Waals surface area contributed by atoms with Crippen LogP contribution in [0.15, 0.2) is 39.4 Å². The SMILES string of the molecule is O=C(Nc1ccc(Cl)c([N+](=O)[O-])c1)Nc1ccc(Br)o1. The molecular formula is C11H7BrClN3O4. The van der Waals surface area contributed by atoms with Crippen molar-refractivity contribution in [3.8, 4) is 0 Å². The molecule has 0 saturated carbocycles. The van der Waals surface area contributed by atoms with Gasteiger partial charge in [0.2, 0.25) is 5.88 Å². The Hall–Kier alpha value is -2.06. The summed E-state index contributed by atoms with van der Waals surface area (Å²) in [6.45, 7) is 0. The zero-order valence-corrected chi connectivity index (χ0v) is 12.1. The van der Waals surface area contributed by atoms with Gasteiger partial charge >= 0.3 is 6.03 Å². The zero-order chi connectivity index (χ0) is 14.7. The van der Waals surface area contributed by atoms with Crippen LogP contribution in [0.3, 0.4) is 0 Å². The van der Waals surface area contributed by atoms with Crippen LogP contribution in [0.4, 0.5) is 22.1 Å². The van der Waals surface area contributed by atoms with Crippen LogP contribution in [0.25, 0.3) is 0 Å². The molecule has 0 aliphatic heterocycles. The number of rotatable bonds is 3. The van der Waals surface area contributed by atoms with E-state index < -0.39 is 11.0 Å². The van der Waals surface area contributed by atoms with Crippen molar-refractivity contribution < 1.29 is 14.1 Å². The van der Waals surface area contributed by atoms with Gasteiger partial charge in [-0.1, -0.05) is 11.6 Å². The molecule has 1 aromatic carbocycles. The lowest BCUT2D eigenvalue weighted by atomic mass is 10.3. The maximum Gasteiger partial charge on any atom is 0.326 e. The molecule has 0 aliphatic carbocycles. The summed E-state index contributed by atoms with van der Waals surface area (Å²) in [7, 11) is 0. The Labute approximate surface area is 126 Å². The molecule has 2 N–H and O–H groups in total. The molecule has 0 aliphatic rings. The number of nitro benzene ring substituents is 1. The smallest absolute Gasteiger partial charge is 0.326 e. The molecule has 1 aromatic heterocycles. The van der Waals surface area contributed by atoms with E-state index in [0.29, 0.717) is 4.67 Å². The zero-order valence-electron chi connectivity index (χ0n) is 9.72. The number of nitrogens with one attached hydrogen (secondary N) is 2. The fraction of sp³-hybridized carbons (Fsp3) is 0. The minimum Gasteiger partial charge on any atom is -0.434 e. The third-order valence-electron chi connectivity index (χ3n) is 2.21. The second-order valence-electron chi connectivity index (χ2n) is 3.61. The molecule has 1 heterocycles. The first-order chi connectivity index (χ1) is 9.45. The number of anilines is 2. The number of halogens is 2. The Bertz CT molecular complexity index is 673. The molecule has 0 unspecified atom stereocenters. The van der Waals surface area contributed by atoms with Gasteiger partial charge in [0.15, 0.2) is 4.67 Å². The van der Waals surface area contributed by atoms with Crippen LogP contribution < -0.4 is 10.6 Å². The van der Waals surface area contributed by atoms with Gasteiger partial charge in [0.05, 0.1) is 4.92 Å². The molecule has 2 amide bonds. The molecule has 0 spiro atoms. The van der Waals surface area contributed by atoms with E-state index in [2.05, 4.69) is 26.6 Å². The number of nitrogens with zero attached hydrogens (tertiary/aromatic N) is 1. The topological polar surface area (TPSA) is 97.4 Å². The van der Waals surface area contributed by atoms with Crippen LogP contribution in [0, 0.1) is 10.1 Å². The summed E-state index contributed by atoms with van der Waals surface area (Å²) in [5.74, 6) is 0.234. The van der Waals surface area contributed by atoms with Crippen molar-refractivity contribution in [3.63, 3.8) is 0 Å². The highest BCUT2D eigenvalue weighted by Gasteiger charge is 2.14. The first kappa shape index (κ1) is 14.4. The maximum atomic E-state index is 11.7. The largest absolute Gasteiger partial charge is 0.434 e. The monoisotopic (exact) mass is 359 g/mol. The molecule has 104 valence electrons. The van der Waals surface area contributed by atoms with Gasteiger partial charge in [-0.05, 0) is 34.1 Å². The molecule has 0 radical (unpaired) electrons. The fourth-order valence-electron chi connectivity index (χ4n) is 1.39. The minimum atomic E-state index is -0.630. The van der Waals surface area contributed by atoms with Crippen LogP contribution in [-0.2, 0) is 0 Å². The lowest BCUT2D eigenvalue weighted by Crippen LogP contribution is -2.19. The van der Waals surface area contributed by atoms with Crippen LogP contribution in [-0.4, -0.2) is 11.0 Å². The lowest BCUT2D eigenvalue weighted by Gasteiger charge is -2.05. The molecule has 2 rings (SSSR count). The predicted octanol–water partition coefficient (Wildman–Crippen LogP) is 4.25. The molecule has 9 heteroatoms. The Morgan fingerprint density at radius 1 is 1.30 bits per heavy atom. The predicted molar refractivity (Wildman–Crippen MR) is 77.2 cm³/mol. The number of carbonyl (C=O) groups is 1. The van der Waals surface area contributed by atoms with Crippen molar-refractivity contribution in [1.29, 1.82) is 0 Å². The van der Waals surface area contributed by atoms with Crippen LogP contribution in [0.5, 0.6) is 0 Å². The minimum absolute atomic E-state index is 0.00377. The second kappa shape index (κ2) is 5.93. The van der Waals surface area contributed by atoms with Crippen molar-refractivity contribution >= 4 is 50.8 Å². The Kier molecular flexibility index (Phi) is 4.26. The molecule has 0 fully saturated rings. The standard InChI is InChI=1S/C11H7BrClN3O4/c12-9-3-4-10(20-9)15-11(17)14-6-1-2-7(13)8(5-6)16(18)19/h1-5H,(H2,14,15,17). The summed E-state index contributed by atoms with van der Waals surface area (Å²) in [5.41, 5.74) is -0.0468. The fourth-order valence-corrected chi connectivity index (χ4v) is 1.88. The van der Waals surface area contributed by atoms with E-state index in [9.17, 15) is 14.9 Å². The number of benzene rings is 1. The highest BCUT2D eigenvalue weighted by molar-refractivity contribution is 9.10. The highest BCUT2D eigenvalue weighted by atomic mass is 79.9. The molecule has 0 saturated heterocycles. The van der Waals surface area contributed by atoms with Gasteiger partial charge in [0, 0.05) is 17.8 Å². The van der Waals surface area contributed by atoms with E-state index >= 15 is 0 Å². The summed E-state index contributed by atoms with van der Waals surface area (Å²) < 4.78 is 5.56. The number of amides is 2. The summed E-state index contributed by atoms with van der Waals surface area (Å²) in [6, 6.07) is 6.52. The quantitative estimate of drug-likeness (QED) is 0.631. The Balaban J connectivity index is 2.08. The Morgan fingerprint density at radius 3 is 2.65 bits per heavy atom. The average Bonchev–Trinajstić information content (AvgIpc) is 2.76. The van der Waals surface area contributed by atoms with Crippen LogP contribution in [0.1, 0.15) is 0 Å². The van der Waals surface area contributed by atoms with E-state index in [4.69, 9.17) is 16.0 Å². The van der Waals surface area contributed by atoms with Gasteiger partial charge in [-0.15, -0.1) is 0 Å². The summed E-state index contributed by atoms with van der Waals surface area (Å²) in [6.07, 6.45) is 0. The van der Waals surface area contributed by atoms with Gasteiger partial charge in [-0.3, -0.25) is 15.4 Å². The van der Waals surface area contributed by atoms with E-state index in [1.54, 1.807) is 12.1 Å². The highest BCUT2D eigenvalue weighted by Crippen LogP contribution is 2.27. The summed E-state index contributed by atoms with van der Waals surface area (Å²) >= 11 is 8.76. The average molecular weight is 361 g/mol. The molecular weight excluding hydrogens is 353 g/mol. The van der Waals surface area contributed by atoms with Crippen molar-refractivity contribution in [2.24, 2.45) is 0 Å². The third kappa shape index (κ3) is 3.49. The first-order valence-corrected chi connectivity index (χ1v) is 6.40. The number of hydrogen-bond acceptors (Lipinski definition) is 4. The van der Waals surface area contributed by atoms with E-state index in [0.717, 1.165) is 0 Å². The molecule has 0 atom stereocenters. The maximum absolute atomic E-state index is 11.7. The van der Waals surface area contributed by atoms with Gasteiger partial charge < -0.3 is 9.73 Å². The van der Waals surface area contributed by atoms with Crippen molar-refractivity contribution in [2.75, 3.05) is 10.6 Å².